The van der Waals surface area contributed by atoms with Crippen LogP contribution in [-0.2, 0) is 0 Å². The lowest BCUT2D eigenvalue weighted by molar-refractivity contribution is 0.490. The van der Waals surface area contributed by atoms with Crippen molar-refractivity contribution in [2.24, 2.45) is 0 Å². The third-order valence-corrected chi connectivity index (χ3v) is 2.46. The molecule has 1 heteroatoms. The number of rotatable bonds is 2. The second-order valence-electron chi connectivity index (χ2n) is 3.61. The molecule has 1 aromatic carbocycles. The maximum atomic E-state index is 5.37. The quantitative estimate of drug-likeness (QED) is 0.687. The average Bonchev–Trinajstić information content (AvgIpc) is 2.85. The number of furan rings is 1. The Morgan fingerprint density at radius 3 is 2.56 bits per heavy atom. The summed E-state index contributed by atoms with van der Waals surface area (Å²) in [4.78, 5) is 0. The molecule has 1 heterocycles. The molecule has 16 heavy (non-hydrogen) atoms. The zero-order valence-electron chi connectivity index (χ0n) is 9.31. The lowest BCUT2D eigenvalue weighted by Gasteiger charge is -2.02. The lowest BCUT2D eigenvalue weighted by Crippen LogP contribution is -1.91. The SMILES string of the molecule is CCC(C#Cc1ccccc1)c1ccco1. The molecule has 80 valence electrons. The van der Waals surface area contributed by atoms with Gasteiger partial charge in [0.2, 0.25) is 0 Å². The van der Waals surface area contributed by atoms with E-state index < -0.39 is 0 Å². The monoisotopic (exact) mass is 210 g/mol. The van der Waals surface area contributed by atoms with Crippen molar-refractivity contribution in [3.8, 4) is 11.8 Å². The second kappa shape index (κ2) is 5.23. The van der Waals surface area contributed by atoms with E-state index in [1.807, 2.05) is 42.5 Å². The summed E-state index contributed by atoms with van der Waals surface area (Å²) in [5.41, 5.74) is 1.05. The lowest BCUT2D eigenvalue weighted by atomic mass is 10.0. The molecule has 0 aliphatic carbocycles. The molecule has 0 amide bonds. The molecule has 0 bridgehead atoms. The average molecular weight is 210 g/mol. The van der Waals surface area contributed by atoms with Crippen molar-refractivity contribution in [1.82, 2.24) is 0 Å². The van der Waals surface area contributed by atoms with Crippen LogP contribution >= 0.6 is 0 Å². The Morgan fingerprint density at radius 1 is 1.12 bits per heavy atom. The van der Waals surface area contributed by atoms with E-state index in [4.69, 9.17) is 4.42 Å². The Morgan fingerprint density at radius 2 is 1.94 bits per heavy atom. The van der Waals surface area contributed by atoms with Gasteiger partial charge in [-0.15, -0.1) is 0 Å². The Hall–Kier alpha value is -1.94. The summed E-state index contributed by atoms with van der Waals surface area (Å²) in [6.45, 7) is 2.12. The molecule has 2 aromatic rings. The zero-order valence-corrected chi connectivity index (χ0v) is 9.31. The van der Waals surface area contributed by atoms with E-state index in [0.717, 1.165) is 17.7 Å². The topological polar surface area (TPSA) is 13.1 Å². The molecule has 0 spiro atoms. The van der Waals surface area contributed by atoms with E-state index in [2.05, 4.69) is 18.8 Å². The van der Waals surface area contributed by atoms with Crippen molar-refractivity contribution >= 4 is 0 Å². The van der Waals surface area contributed by atoms with Gasteiger partial charge in [0.15, 0.2) is 0 Å². The first kappa shape index (κ1) is 10.6. The Labute approximate surface area is 96.1 Å². The minimum absolute atomic E-state index is 0.190. The largest absolute Gasteiger partial charge is 0.468 e. The number of benzene rings is 1. The molecule has 1 nitrogen and oxygen atoms in total. The van der Waals surface area contributed by atoms with Crippen molar-refractivity contribution in [1.29, 1.82) is 0 Å². The van der Waals surface area contributed by atoms with Gasteiger partial charge < -0.3 is 4.42 Å². The van der Waals surface area contributed by atoms with Crippen LogP contribution in [0, 0.1) is 11.8 Å². The summed E-state index contributed by atoms with van der Waals surface area (Å²) in [5, 5.41) is 0. The molecule has 0 saturated carbocycles. The van der Waals surface area contributed by atoms with Gasteiger partial charge in [-0.1, -0.05) is 37.0 Å². The van der Waals surface area contributed by atoms with Crippen LogP contribution in [0.25, 0.3) is 0 Å². The van der Waals surface area contributed by atoms with E-state index >= 15 is 0 Å². The Balaban J connectivity index is 2.17. The summed E-state index contributed by atoms with van der Waals surface area (Å²) in [7, 11) is 0. The molecule has 1 atom stereocenters. The first-order valence-electron chi connectivity index (χ1n) is 5.50. The van der Waals surface area contributed by atoms with E-state index in [0.29, 0.717) is 0 Å². The fraction of sp³-hybridized carbons (Fsp3) is 0.200. The van der Waals surface area contributed by atoms with Crippen molar-refractivity contribution in [3.63, 3.8) is 0 Å². The summed E-state index contributed by atoms with van der Waals surface area (Å²) < 4.78 is 5.37. The molecule has 1 aromatic heterocycles. The summed E-state index contributed by atoms with van der Waals surface area (Å²) in [5.74, 6) is 7.56. The molecular weight excluding hydrogens is 196 g/mol. The summed E-state index contributed by atoms with van der Waals surface area (Å²) >= 11 is 0. The van der Waals surface area contributed by atoms with E-state index in [9.17, 15) is 0 Å². The van der Waals surface area contributed by atoms with Gasteiger partial charge in [0.25, 0.3) is 0 Å². The highest BCUT2D eigenvalue weighted by atomic mass is 16.3. The molecule has 0 fully saturated rings. The Kier molecular flexibility index (Phi) is 3.46. The molecule has 2 rings (SSSR count). The van der Waals surface area contributed by atoms with E-state index in [1.165, 1.54) is 0 Å². The zero-order chi connectivity index (χ0) is 11.2. The maximum absolute atomic E-state index is 5.37. The van der Waals surface area contributed by atoms with Gasteiger partial charge in [-0.25, -0.2) is 0 Å². The molecule has 0 radical (unpaired) electrons. The first-order chi connectivity index (χ1) is 7.90. The van der Waals surface area contributed by atoms with Crippen LogP contribution in [-0.4, -0.2) is 0 Å². The summed E-state index contributed by atoms with van der Waals surface area (Å²) in [6.07, 6.45) is 2.66. The minimum atomic E-state index is 0.190. The number of hydrogen-bond donors (Lipinski definition) is 0. The third-order valence-electron chi connectivity index (χ3n) is 2.46. The van der Waals surface area contributed by atoms with Crippen LogP contribution in [0.5, 0.6) is 0 Å². The van der Waals surface area contributed by atoms with E-state index in [-0.39, 0.29) is 5.92 Å². The van der Waals surface area contributed by atoms with Gasteiger partial charge in [0.1, 0.15) is 5.76 Å². The van der Waals surface area contributed by atoms with Crippen LogP contribution in [0.2, 0.25) is 0 Å². The molecule has 0 N–H and O–H groups in total. The van der Waals surface area contributed by atoms with E-state index in [1.54, 1.807) is 6.26 Å². The van der Waals surface area contributed by atoms with Crippen LogP contribution in [0.4, 0.5) is 0 Å². The number of hydrogen-bond acceptors (Lipinski definition) is 1. The second-order valence-corrected chi connectivity index (χ2v) is 3.61. The van der Waals surface area contributed by atoms with Gasteiger partial charge in [-0.05, 0) is 30.7 Å². The van der Waals surface area contributed by atoms with Crippen LogP contribution in [0.15, 0.2) is 53.1 Å². The van der Waals surface area contributed by atoms with Crippen molar-refractivity contribution in [2.75, 3.05) is 0 Å². The first-order valence-corrected chi connectivity index (χ1v) is 5.50. The molecular formula is C15H14O. The van der Waals surface area contributed by atoms with Crippen LogP contribution < -0.4 is 0 Å². The smallest absolute Gasteiger partial charge is 0.118 e. The normalized spacial score (nSPS) is 11.6. The van der Waals surface area contributed by atoms with Gasteiger partial charge in [0.05, 0.1) is 12.2 Å². The van der Waals surface area contributed by atoms with Gasteiger partial charge in [0, 0.05) is 5.56 Å². The molecule has 0 aliphatic rings. The fourth-order valence-electron chi connectivity index (χ4n) is 1.56. The van der Waals surface area contributed by atoms with Crippen LogP contribution in [0.3, 0.4) is 0 Å². The Bertz CT molecular complexity index is 471. The van der Waals surface area contributed by atoms with Gasteiger partial charge in [-0.3, -0.25) is 0 Å². The predicted octanol–water partition coefficient (Wildman–Crippen LogP) is 3.82. The highest BCUT2D eigenvalue weighted by Crippen LogP contribution is 2.18. The maximum Gasteiger partial charge on any atom is 0.118 e. The molecule has 1 unspecified atom stereocenters. The van der Waals surface area contributed by atoms with Gasteiger partial charge in [-0.2, -0.15) is 0 Å². The highest BCUT2D eigenvalue weighted by Gasteiger charge is 2.07. The van der Waals surface area contributed by atoms with Gasteiger partial charge >= 0.3 is 0 Å². The summed E-state index contributed by atoms with van der Waals surface area (Å²) in [6, 6.07) is 13.9. The van der Waals surface area contributed by atoms with Crippen molar-refractivity contribution in [3.05, 3.63) is 60.1 Å². The van der Waals surface area contributed by atoms with Crippen molar-refractivity contribution < 1.29 is 4.42 Å². The molecule has 0 aliphatic heterocycles. The minimum Gasteiger partial charge on any atom is -0.468 e. The predicted molar refractivity (Wildman–Crippen MR) is 65.1 cm³/mol. The third kappa shape index (κ3) is 2.55. The standard InChI is InChI=1S/C15H14O/c1-2-14(15-9-6-12-16-15)11-10-13-7-4-3-5-8-13/h3-9,12,14H,2H2,1H3. The van der Waals surface area contributed by atoms with Crippen LogP contribution in [0.1, 0.15) is 30.6 Å². The fourth-order valence-corrected chi connectivity index (χ4v) is 1.56. The van der Waals surface area contributed by atoms with Crippen molar-refractivity contribution in [2.45, 2.75) is 19.3 Å². The highest BCUT2D eigenvalue weighted by molar-refractivity contribution is 5.36. The molecule has 0 saturated heterocycles.